The summed E-state index contributed by atoms with van der Waals surface area (Å²) in [5.41, 5.74) is -0.889. The molecule has 132 valence electrons. The van der Waals surface area contributed by atoms with Gasteiger partial charge in [0.2, 0.25) is 0 Å². The largest absolute Gasteiger partial charge is 0.496 e. The number of carboxylic acids is 1. The molecule has 1 fully saturated rings. The van der Waals surface area contributed by atoms with Gasteiger partial charge in [0.05, 0.1) is 24.2 Å². The molecular weight excluding hydrogens is 334 g/mol. The van der Waals surface area contributed by atoms with Crippen LogP contribution in [0.15, 0.2) is 18.2 Å². The van der Waals surface area contributed by atoms with E-state index in [0.29, 0.717) is 29.2 Å². The average Bonchev–Trinajstić information content (AvgIpc) is 2.56. The van der Waals surface area contributed by atoms with Gasteiger partial charge < -0.3 is 19.8 Å². The van der Waals surface area contributed by atoms with Crippen molar-refractivity contribution in [1.82, 2.24) is 4.90 Å². The van der Waals surface area contributed by atoms with Gasteiger partial charge in [-0.1, -0.05) is 24.9 Å². The number of ether oxygens (including phenoxy) is 1. The van der Waals surface area contributed by atoms with E-state index in [9.17, 15) is 19.8 Å². The van der Waals surface area contributed by atoms with Gasteiger partial charge in [-0.2, -0.15) is 0 Å². The Labute approximate surface area is 146 Å². The van der Waals surface area contributed by atoms with Crippen LogP contribution >= 0.6 is 11.6 Å². The van der Waals surface area contributed by atoms with Gasteiger partial charge in [-0.05, 0) is 31.0 Å². The maximum atomic E-state index is 12.7. The van der Waals surface area contributed by atoms with Crippen molar-refractivity contribution in [2.45, 2.75) is 32.3 Å². The lowest BCUT2D eigenvalue weighted by Crippen LogP contribution is -2.56. The number of rotatable bonds is 5. The molecule has 6 nitrogen and oxygen atoms in total. The first-order chi connectivity index (χ1) is 11.4. The molecule has 0 spiro atoms. The number of hydrogen-bond donors (Lipinski definition) is 2. The summed E-state index contributed by atoms with van der Waals surface area (Å²) in [5, 5.41) is 20.4. The van der Waals surface area contributed by atoms with Crippen LogP contribution in [0, 0.1) is 5.41 Å². The van der Waals surface area contributed by atoms with Gasteiger partial charge in [0.25, 0.3) is 5.91 Å². The number of halogens is 1. The number of benzene rings is 1. The fourth-order valence-electron chi connectivity index (χ4n) is 3.27. The first-order valence-electron chi connectivity index (χ1n) is 7.90. The van der Waals surface area contributed by atoms with Crippen molar-refractivity contribution < 1.29 is 24.5 Å². The van der Waals surface area contributed by atoms with Crippen LogP contribution < -0.4 is 4.74 Å². The molecule has 1 amide bonds. The highest BCUT2D eigenvalue weighted by Crippen LogP contribution is 2.37. The Bertz CT molecular complexity index is 635. The molecule has 0 aromatic heterocycles. The van der Waals surface area contributed by atoms with E-state index in [1.165, 1.54) is 18.1 Å². The molecule has 1 saturated heterocycles. The second kappa shape index (κ2) is 7.40. The fourth-order valence-corrected chi connectivity index (χ4v) is 3.44. The molecule has 7 heteroatoms. The molecule has 1 aromatic carbocycles. The highest BCUT2D eigenvalue weighted by Gasteiger charge is 2.48. The van der Waals surface area contributed by atoms with Crippen LogP contribution in [0.4, 0.5) is 0 Å². The number of carbonyl (C=O) groups is 2. The second-order valence-electron chi connectivity index (χ2n) is 6.07. The van der Waals surface area contributed by atoms with Crippen LogP contribution in [0.25, 0.3) is 0 Å². The molecule has 0 saturated carbocycles. The van der Waals surface area contributed by atoms with E-state index in [-0.39, 0.29) is 25.4 Å². The number of likely N-dealkylation sites (tertiary alicyclic amines) is 1. The van der Waals surface area contributed by atoms with Crippen LogP contribution in [-0.4, -0.2) is 53.3 Å². The Morgan fingerprint density at radius 3 is 2.71 bits per heavy atom. The number of hydrogen-bond acceptors (Lipinski definition) is 4. The molecule has 1 aromatic rings. The highest BCUT2D eigenvalue weighted by atomic mass is 35.5. The zero-order chi connectivity index (χ0) is 17.9. The van der Waals surface area contributed by atoms with E-state index in [4.69, 9.17) is 16.3 Å². The normalized spacial score (nSPS) is 23.8. The Morgan fingerprint density at radius 1 is 1.46 bits per heavy atom. The zero-order valence-corrected chi connectivity index (χ0v) is 14.5. The lowest BCUT2D eigenvalue weighted by molar-refractivity contribution is -0.162. The van der Waals surface area contributed by atoms with Gasteiger partial charge in [-0.3, -0.25) is 9.59 Å². The van der Waals surface area contributed by atoms with Crippen LogP contribution in [0.3, 0.4) is 0 Å². The Balaban J connectivity index is 2.23. The van der Waals surface area contributed by atoms with Gasteiger partial charge >= 0.3 is 5.97 Å². The van der Waals surface area contributed by atoms with Gasteiger partial charge in [0.1, 0.15) is 5.75 Å². The van der Waals surface area contributed by atoms with Crippen molar-refractivity contribution in [2.24, 2.45) is 5.41 Å². The summed E-state index contributed by atoms with van der Waals surface area (Å²) in [6.45, 7) is 2.12. The fraction of sp³-hybridized carbons (Fsp3) is 0.529. The number of carboxylic acid groups (broad SMARTS) is 1. The van der Waals surface area contributed by atoms with Crippen molar-refractivity contribution in [3.05, 3.63) is 28.8 Å². The molecule has 0 aliphatic carbocycles. The van der Waals surface area contributed by atoms with Crippen LogP contribution in [0.5, 0.6) is 5.75 Å². The molecule has 1 aliphatic rings. The average molecular weight is 356 g/mol. The lowest BCUT2D eigenvalue weighted by atomic mass is 9.72. The first kappa shape index (κ1) is 18.5. The number of amides is 1. The van der Waals surface area contributed by atoms with Crippen molar-refractivity contribution in [3.8, 4) is 5.75 Å². The van der Waals surface area contributed by atoms with E-state index >= 15 is 0 Å². The van der Waals surface area contributed by atoms with Gasteiger partial charge in [0.15, 0.2) is 0 Å². The summed E-state index contributed by atoms with van der Waals surface area (Å²) in [6, 6.07) is 4.74. The predicted molar refractivity (Wildman–Crippen MR) is 89.5 cm³/mol. The van der Waals surface area contributed by atoms with Crippen molar-refractivity contribution >= 4 is 23.5 Å². The lowest BCUT2D eigenvalue weighted by Gasteiger charge is -2.42. The third-order valence-corrected chi connectivity index (χ3v) is 4.90. The minimum Gasteiger partial charge on any atom is -0.496 e. The van der Waals surface area contributed by atoms with Crippen LogP contribution in [0.2, 0.25) is 5.02 Å². The predicted octanol–water partition coefficient (Wildman–Crippen LogP) is 2.43. The Hall–Kier alpha value is -1.79. The van der Waals surface area contributed by atoms with Crippen molar-refractivity contribution in [1.29, 1.82) is 0 Å². The van der Waals surface area contributed by atoms with Crippen LogP contribution in [0.1, 0.15) is 36.5 Å². The number of aliphatic carboxylic acids is 1. The quantitative estimate of drug-likeness (QED) is 0.847. The summed E-state index contributed by atoms with van der Waals surface area (Å²) in [5.74, 6) is -0.948. The monoisotopic (exact) mass is 355 g/mol. The molecule has 0 radical (unpaired) electrons. The smallest absolute Gasteiger partial charge is 0.312 e. The maximum absolute atomic E-state index is 12.7. The number of aliphatic hydroxyl groups is 1. The number of methoxy groups -OCH3 is 1. The molecule has 2 atom stereocenters. The SMILES string of the molecule is CCC[C@]1(C(=O)O)CCN(C(=O)c2cc(Cl)ccc2OC)C[C@@H]1O. The van der Waals surface area contributed by atoms with Gasteiger partial charge in [0, 0.05) is 18.1 Å². The molecular formula is C17H22ClNO5. The second-order valence-corrected chi connectivity index (χ2v) is 6.51. The third-order valence-electron chi connectivity index (χ3n) is 4.66. The van der Waals surface area contributed by atoms with E-state index in [2.05, 4.69) is 0 Å². The number of aliphatic hydroxyl groups excluding tert-OH is 1. The van der Waals surface area contributed by atoms with E-state index < -0.39 is 17.5 Å². The van der Waals surface area contributed by atoms with E-state index in [1.807, 2.05) is 6.92 Å². The van der Waals surface area contributed by atoms with Crippen molar-refractivity contribution in [2.75, 3.05) is 20.2 Å². The van der Waals surface area contributed by atoms with Crippen LogP contribution in [-0.2, 0) is 4.79 Å². The van der Waals surface area contributed by atoms with E-state index in [1.54, 1.807) is 12.1 Å². The molecule has 2 N–H and O–H groups in total. The van der Waals surface area contributed by atoms with Gasteiger partial charge in [-0.25, -0.2) is 0 Å². The van der Waals surface area contributed by atoms with Crippen molar-refractivity contribution in [3.63, 3.8) is 0 Å². The molecule has 24 heavy (non-hydrogen) atoms. The molecule has 1 aliphatic heterocycles. The Morgan fingerprint density at radius 2 is 2.17 bits per heavy atom. The summed E-state index contributed by atoms with van der Waals surface area (Å²) in [7, 11) is 1.46. The number of nitrogens with zero attached hydrogens (tertiary/aromatic N) is 1. The molecule has 2 rings (SSSR count). The topological polar surface area (TPSA) is 87.1 Å². The standard InChI is InChI=1S/C17H22ClNO5/c1-3-6-17(16(22)23)7-8-19(10-14(17)20)15(21)12-9-11(18)4-5-13(12)24-2/h4-5,9,14,20H,3,6-8,10H2,1-2H3,(H,22,23)/t14-,17-/m0/s1. The molecule has 0 bridgehead atoms. The minimum absolute atomic E-state index is 0.0270. The summed E-state index contributed by atoms with van der Waals surface area (Å²) in [6.07, 6.45) is 0.134. The molecule has 0 unspecified atom stereocenters. The van der Waals surface area contributed by atoms with E-state index in [0.717, 1.165) is 0 Å². The number of piperidine rings is 1. The Kier molecular flexibility index (Phi) is 5.72. The summed E-state index contributed by atoms with van der Waals surface area (Å²) >= 11 is 5.96. The highest BCUT2D eigenvalue weighted by molar-refractivity contribution is 6.31. The third kappa shape index (κ3) is 3.35. The zero-order valence-electron chi connectivity index (χ0n) is 13.8. The first-order valence-corrected chi connectivity index (χ1v) is 8.27. The van der Waals surface area contributed by atoms with Gasteiger partial charge in [-0.15, -0.1) is 0 Å². The molecule has 1 heterocycles. The number of carbonyl (C=O) groups excluding carboxylic acids is 1. The summed E-state index contributed by atoms with van der Waals surface area (Å²) in [4.78, 5) is 25.9. The summed E-state index contributed by atoms with van der Waals surface area (Å²) < 4.78 is 5.19. The minimum atomic E-state index is -1.19. The maximum Gasteiger partial charge on any atom is 0.312 e. The number of β-amino-alcohol motifs (C(OH)–C–C–N with tert-alkyl or cyclic N) is 1.